The van der Waals surface area contributed by atoms with Crippen LogP contribution in [0.5, 0.6) is 0 Å². The van der Waals surface area contributed by atoms with E-state index in [1.165, 1.54) is 34.0 Å². The van der Waals surface area contributed by atoms with Gasteiger partial charge in [-0.2, -0.15) is 5.26 Å². The fourth-order valence-electron chi connectivity index (χ4n) is 3.50. The molecule has 0 aliphatic carbocycles. The number of benzene rings is 1. The minimum Gasteiger partial charge on any atom is -0.317 e. The van der Waals surface area contributed by atoms with E-state index in [-0.39, 0.29) is 5.91 Å². The lowest BCUT2D eigenvalue weighted by atomic mass is 10.1. The summed E-state index contributed by atoms with van der Waals surface area (Å²) in [6, 6.07) is 10.5. The maximum atomic E-state index is 12.4. The van der Waals surface area contributed by atoms with E-state index in [1.54, 1.807) is 0 Å². The molecule has 4 rings (SSSR count). The monoisotopic (exact) mass is 435 g/mol. The lowest BCUT2D eigenvalue weighted by Gasteiger charge is -2.10. The number of carbonyl (C=O) groups excluding carboxylic acids is 1. The van der Waals surface area contributed by atoms with E-state index < -0.39 is 0 Å². The number of nitriles is 1. The summed E-state index contributed by atoms with van der Waals surface area (Å²) in [4.78, 5) is 13.5. The van der Waals surface area contributed by atoms with Crippen LogP contribution in [0.2, 0.25) is 0 Å². The van der Waals surface area contributed by atoms with Crippen molar-refractivity contribution >= 4 is 50.6 Å². The van der Waals surface area contributed by atoms with E-state index in [0.717, 1.165) is 32.3 Å². The van der Waals surface area contributed by atoms with Gasteiger partial charge in [0.15, 0.2) is 10.8 Å². The zero-order valence-corrected chi connectivity index (χ0v) is 18.9. The van der Waals surface area contributed by atoms with E-state index in [2.05, 4.69) is 58.0 Å². The maximum Gasteiger partial charge on any atom is 0.225 e. The van der Waals surface area contributed by atoms with E-state index in [4.69, 9.17) is 0 Å². The lowest BCUT2D eigenvalue weighted by molar-refractivity contribution is -0.115. The number of thioether (sulfide) groups is 1. The maximum absolute atomic E-state index is 12.4. The molecule has 0 radical (unpaired) electrons. The standard InChI is InChI=1S/C22H21N5OS2/c1-12-6-5-7-16-13(2)10-18-25-26-22(27(18)20(12)16)29-9-8-19(28)24-21-17(11-23)14(3)15(4)30-21/h5-7,10H,8-9H2,1-4H3,(H,24,28). The minimum absolute atomic E-state index is 0.106. The number of hydrogen-bond acceptors (Lipinski definition) is 6. The number of amides is 1. The number of pyridine rings is 1. The van der Waals surface area contributed by atoms with Crippen molar-refractivity contribution in [2.45, 2.75) is 39.3 Å². The lowest BCUT2D eigenvalue weighted by Crippen LogP contribution is -2.12. The number of rotatable bonds is 5. The second-order valence-corrected chi connectivity index (χ2v) is 9.51. The van der Waals surface area contributed by atoms with Crippen LogP contribution < -0.4 is 5.32 Å². The molecular weight excluding hydrogens is 414 g/mol. The van der Waals surface area contributed by atoms with Crippen LogP contribution in [-0.4, -0.2) is 26.3 Å². The topological polar surface area (TPSA) is 83.1 Å². The normalized spacial score (nSPS) is 11.2. The molecule has 0 fully saturated rings. The van der Waals surface area contributed by atoms with Gasteiger partial charge in [0.05, 0.1) is 11.1 Å². The second-order valence-electron chi connectivity index (χ2n) is 7.22. The van der Waals surface area contributed by atoms with Crippen LogP contribution in [0.3, 0.4) is 0 Å². The summed E-state index contributed by atoms with van der Waals surface area (Å²) in [5, 5.41) is 23.5. The van der Waals surface area contributed by atoms with Crippen molar-refractivity contribution in [1.29, 1.82) is 5.26 Å². The molecule has 0 aliphatic rings. The Morgan fingerprint density at radius 1 is 1.23 bits per heavy atom. The third kappa shape index (κ3) is 3.55. The van der Waals surface area contributed by atoms with Gasteiger partial charge < -0.3 is 5.32 Å². The van der Waals surface area contributed by atoms with E-state index >= 15 is 0 Å². The van der Waals surface area contributed by atoms with Gasteiger partial charge in [0, 0.05) is 22.4 Å². The fourth-order valence-corrected chi connectivity index (χ4v) is 5.41. The quantitative estimate of drug-likeness (QED) is 0.437. The number of carbonyl (C=O) groups is 1. The molecule has 1 N–H and O–H groups in total. The predicted molar refractivity (Wildman–Crippen MR) is 122 cm³/mol. The largest absolute Gasteiger partial charge is 0.317 e. The van der Waals surface area contributed by atoms with Gasteiger partial charge >= 0.3 is 0 Å². The summed E-state index contributed by atoms with van der Waals surface area (Å²) >= 11 is 2.95. The molecule has 0 saturated heterocycles. The highest BCUT2D eigenvalue weighted by Gasteiger charge is 2.16. The highest BCUT2D eigenvalue weighted by molar-refractivity contribution is 7.99. The Labute approximate surface area is 182 Å². The molecule has 4 aromatic rings. The van der Waals surface area contributed by atoms with Crippen molar-refractivity contribution in [3.63, 3.8) is 0 Å². The minimum atomic E-state index is -0.106. The molecule has 3 aromatic heterocycles. The molecule has 0 unspecified atom stereocenters. The predicted octanol–water partition coefficient (Wildman–Crippen LogP) is 5.17. The Morgan fingerprint density at radius 3 is 2.80 bits per heavy atom. The Morgan fingerprint density at radius 2 is 2.03 bits per heavy atom. The van der Waals surface area contributed by atoms with E-state index in [9.17, 15) is 10.1 Å². The number of thiophene rings is 1. The van der Waals surface area contributed by atoms with Crippen LogP contribution in [0.25, 0.3) is 16.6 Å². The van der Waals surface area contributed by atoms with Crippen LogP contribution in [0.4, 0.5) is 5.00 Å². The number of fused-ring (bicyclic) bond motifs is 3. The van der Waals surface area contributed by atoms with Crippen LogP contribution in [-0.2, 0) is 4.79 Å². The van der Waals surface area contributed by atoms with Crippen molar-refractivity contribution < 1.29 is 4.79 Å². The average Bonchev–Trinajstić information content (AvgIpc) is 3.22. The number of aromatic nitrogens is 3. The third-order valence-electron chi connectivity index (χ3n) is 5.20. The Kier molecular flexibility index (Phi) is 5.50. The van der Waals surface area contributed by atoms with Gasteiger partial charge in [0.2, 0.25) is 5.91 Å². The first-order valence-electron chi connectivity index (χ1n) is 9.57. The van der Waals surface area contributed by atoms with Gasteiger partial charge in [-0.3, -0.25) is 9.20 Å². The Hall–Kier alpha value is -2.89. The Bertz CT molecular complexity index is 1330. The molecule has 1 amide bonds. The third-order valence-corrected chi connectivity index (χ3v) is 7.25. The van der Waals surface area contributed by atoms with Gasteiger partial charge in [-0.05, 0) is 50.5 Å². The van der Waals surface area contributed by atoms with Gasteiger partial charge in [0.25, 0.3) is 0 Å². The number of hydrogen-bond donors (Lipinski definition) is 1. The number of anilines is 1. The fraction of sp³-hybridized carbons (Fsp3) is 0.273. The molecule has 3 heterocycles. The number of aryl methyl sites for hydroxylation is 3. The number of para-hydroxylation sites is 1. The van der Waals surface area contributed by atoms with Crippen molar-refractivity contribution in [1.82, 2.24) is 14.6 Å². The molecule has 0 spiro atoms. The summed E-state index contributed by atoms with van der Waals surface area (Å²) in [6.07, 6.45) is 0.323. The number of nitrogens with zero attached hydrogens (tertiary/aromatic N) is 4. The van der Waals surface area contributed by atoms with Crippen molar-refractivity contribution in [2.75, 3.05) is 11.1 Å². The zero-order valence-electron chi connectivity index (χ0n) is 17.2. The van der Waals surface area contributed by atoms with Crippen LogP contribution >= 0.6 is 23.1 Å². The van der Waals surface area contributed by atoms with Gasteiger partial charge in [-0.1, -0.05) is 30.0 Å². The van der Waals surface area contributed by atoms with E-state index in [0.29, 0.717) is 22.7 Å². The first-order chi connectivity index (χ1) is 14.4. The van der Waals surface area contributed by atoms with Crippen LogP contribution in [0.1, 0.15) is 33.6 Å². The molecular formula is C22H21N5OS2. The van der Waals surface area contributed by atoms with Crippen LogP contribution in [0.15, 0.2) is 29.4 Å². The van der Waals surface area contributed by atoms with E-state index in [1.807, 2.05) is 19.9 Å². The molecule has 1 aromatic carbocycles. The van der Waals surface area contributed by atoms with Crippen LogP contribution in [0, 0.1) is 39.0 Å². The summed E-state index contributed by atoms with van der Waals surface area (Å²) in [7, 11) is 0. The Balaban J connectivity index is 1.52. The highest BCUT2D eigenvalue weighted by Crippen LogP contribution is 2.32. The molecule has 6 nitrogen and oxygen atoms in total. The summed E-state index contributed by atoms with van der Waals surface area (Å²) < 4.78 is 2.07. The van der Waals surface area contributed by atoms with Gasteiger partial charge in [0.1, 0.15) is 11.1 Å². The highest BCUT2D eigenvalue weighted by atomic mass is 32.2. The average molecular weight is 436 g/mol. The van der Waals surface area contributed by atoms with Gasteiger partial charge in [-0.15, -0.1) is 21.5 Å². The molecule has 0 aliphatic heterocycles. The molecule has 8 heteroatoms. The van der Waals surface area contributed by atoms with Crippen molar-refractivity contribution in [3.05, 3.63) is 51.4 Å². The second kappa shape index (κ2) is 8.09. The summed E-state index contributed by atoms with van der Waals surface area (Å²) in [6.45, 7) is 8.02. The molecule has 0 atom stereocenters. The number of nitrogens with one attached hydrogen (secondary N) is 1. The molecule has 30 heavy (non-hydrogen) atoms. The first-order valence-corrected chi connectivity index (χ1v) is 11.4. The van der Waals surface area contributed by atoms with Crippen molar-refractivity contribution in [2.24, 2.45) is 0 Å². The summed E-state index contributed by atoms with van der Waals surface area (Å²) in [5.74, 6) is 0.463. The zero-order chi connectivity index (χ0) is 21.4. The molecule has 0 bridgehead atoms. The SMILES string of the molecule is Cc1sc(NC(=O)CCSc2nnc3cc(C)c4cccc(C)c4n23)c(C#N)c1C. The van der Waals surface area contributed by atoms with Gasteiger partial charge in [-0.25, -0.2) is 0 Å². The smallest absolute Gasteiger partial charge is 0.225 e. The molecule has 0 saturated carbocycles. The molecule has 152 valence electrons. The van der Waals surface area contributed by atoms with Crippen molar-refractivity contribution in [3.8, 4) is 6.07 Å². The summed E-state index contributed by atoms with van der Waals surface area (Å²) in [5.41, 5.74) is 5.73. The first kappa shape index (κ1) is 20.4.